The van der Waals surface area contributed by atoms with E-state index in [2.05, 4.69) is 4.98 Å². The average molecular weight is 428 g/mol. The third kappa shape index (κ3) is 3.86. The molecule has 0 fully saturated rings. The van der Waals surface area contributed by atoms with Crippen LogP contribution in [0.1, 0.15) is 21.6 Å². The number of rotatable bonds is 5. The van der Waals surface area contributed by atoms with E-state index in [1.165, 1.54) is 29.5 Å². The zero-order valence-electron chi connectivity index (χ0n) is 15.7. The largest absolute Gasteiger partial charge is 0.497 e. The van der Waals surface area contributed by atoms with Crippen LogP contribution in [0, 0.1) is 0 Å². The van der Waals surface area contributed by atoms with Gasteiger partial charge in [0.2, 0.25) is 0 Å². The molecule has 0 spiro atoms. The van der Waals surface area contributed by atoms with Crippen LogP contribution >= 0.6 is 11.3 Å². The maximum Gasteiger partial charge on any atom is 0.416 e. The Hall–Kier alpha value is -3.39. The lowest BCUT2D eigenvalue weighted by Gasteiger charge is -2.06. The van der Waals surface area contributed by atoms with Crippen molar-refractivity contribution in [2.24, 2.45) is 0 Å². The number of ketones is 1. The molecule has 0 aliphatic heterocycles. The summed E-state index contributed by atoms with van der Waals surface area (Å²) in [6.07, 6.45) is 0.374. The maximum absolute atomic E-state index is 12.7. The van der Waals surface area contributed by atoms with E-state index in [0.29, 0.717) is 17.1 Å². The number of allylic oxidation sites excluding steroid dienone is 1. The Morgan fingerprint density at radius 3 is 2.63 bits per heavy atom. The van der Waals surface area contributed by atoms with Gasteiger partial charge in [-0.2, -0.15) is 13.2 Å². The van der Waals surface area contributed by atoms with E-state index in [1.807, 2.05) is 40.2 Å². The van der Waals surface area contributed by atoms with Crippen LogP contribution in [-0.2, 0) is 6.18 Å². The Morgan fingerprint density at radius 1 is 1.17 bits per heavy atom. The van der Waals surface area contributed by atoms with Gasteiger partial charge in [-0.25, -0.2) is 4.98 Å². The van der Waals surface area contributed by atoms with E-state index in [9.17, 15) is 18.0 Å². The lowest BCUT2D eigenvalue weighted by Crippen LogP contribution is -2.05. The van der Waals surface area contributed by atoms with Crippen molar-refractivity contribution in [1.82, 2.24) is 9.38 Å². The van der Waals surface area contributed by atoms with Gasteiger partial charge in [0.05, 0.1) is 24.1 Å². The Labute approximate surface area is 173 Å². The van der Waals surface area contributed by atoms with E-state index in [4.69, 9.17) is 4.74 Å². The summed E-state index contributed by atoms with van der Waals surface area (Å²) in [5, 5.41) is 1.88. The van der Waals surface area contributed by atoms with Gasteiger partial charge in [0.25, 0.3) is 0 Å². The predicted octanol–water partition coefficient (Wildman–Crippen LogP) is 5.99. The summed E-state index contributed by atoms with van der Waals surface area (Å²) >= 11 is 1.46. The number of alkyl halides is 3. The number of fused-ring (bicyclic) bond motifs is 1. The average Bonchev–Trinajstić information content (AvgIpc) is 3.33. The Balaban J connectivity index is 1.68. The number of ether oxygens (including phenoxy) is 1. The molecule has 0 aliphatic rings. The van der Waals surface area contributed by atoms with Crippen LogP contribution < -0.4 is 4.74 Å². The second-order valence-electron chi connectivity index (χ2n) is 6.41. The van der Waals surface area contributed by atoms with Gasteiger partial charge in [-0.3, -0.25) is 9.20 Å². The Kier molecular flexibility index (Phi) is 5.17. The van der Waals surface area contributed by atoms with Gasteiger partial charge in [0, 0.05) is 22.7 Å². The van der Waals surface area contributed by atoms with Crippen molar-refractivity contribution in [1.29, 1.82) is 0 Å². The van der Waals surface area contributed by atoms with E-state index in [0.717, 1.165) is 22.7 Å². The summed E-state index contributed by atoms with van der Waals surface area (Å²) in [4.78, 5) is 17.9. The van der Waals surface area contributed by atoms with Crippen molar-refractivity contribution in [3.8, 4) is 17.0 Å². The molecule has 4 rings (SSSR count). The molecule has 0 atom stereocenters. The molecule has 4 nitrogen and oxygen atoms in total. The van der Waals surface area contributed by atoms with E-state index in [-0.39, 0.29) is 5.56 Å². The van der Waals surface area contributed by atoms with Crippen LogP contribution in [0.5, 0.6) is 5.75 Å². The molecule has 152 valence electrons. The number of nitrogens with zero attached hydrogens (tertiary/aromatic N) is 2. The highest BCUT2D eigenvalue weighted by Crippen LogP contribution is 2.31. The summed E-state index contributed by atoms with van der Waals surface area (Å²) in [5.74, 6) is 0.283. The van der Waals surface area contributed by atoms with Crippen molar-refractivity contribution >= 4 is 28.2 Å². The monoisotopic (exact) mass is 428 g/mol. The molecule has 0 aliphatic carbocycles. The number of hydrogen-bond acceptors (Lipinski definition) is 4. The molecule has 0 amide bonds. The van der Waals surface area contributed by atoms with Crippen LogP contribution in [0.15, 0.2) is 66.2 Å². The van der Waals surface area contributed by atoms with Gasteiger partial charge in [0.15, 0.2) is 10.7 Å². The van der Waals surface area contributed by atoms with Crippen LogP contribution in [0.4, 0.5) is 13.2 Å². The summed E-state index contributed by atoms with van der Waals surface area (Å²) in [6.45, 7) is 0. The topological polar surface area (TPSA) is 43.6 Å². The first-order valence-corrected chi connectivity index (χ1v) is 9.74. The molecule has 0 saturated carbocycles. The van der Waals surface area contributed by atoms with Crippen molar-refractivity contribution in [2.75, 3.05) is 7.11 Å². The van der Waals surface area contributed by atoms with Gasteiger partial charge in [-0.1, -0.05) is 24.3 Å². The second-order valence-corrected chi connectivity index (χ2v) is 7.28. The Bertz CT molecular complexity index is 1240. The number of benzene rings is 2. The number of aromatic nitrogens is 2. The minimum absolute atomic E-state index is 0.174. The van der Waals surface area contributed by atoms with Crippen LogP contribution in [0.3, 0.4) is 0 Å². The normalized spacial score (nSPS) is 12.0. The van der Waals surface area contributed by atoms with E-state index < -0.39 is 17.5 Å². The third-order valence-electron chi connectivity index (χ3n) is 4.53. The van der Waals surface area contributed by atoms with Gasteiger partial charge in [0.1, 0.15) is 5.75 Å². The minimum atomic E-state index is -4.44. The fourth-order valence-corrected chi connectivity index (χ4v) is 3.74. The first kappa shape index (κ1) is 19.9. The lowest BCUT2D eigenvalue weighted by atomic mass is 10.1. The van der Waals surface area contributed by atoms with E-state index in [1.54, 1.807) is 13.2 Å². The number of carbonyl (C=O) groups excluding carboxylic acids is 1. The number of imidazole rings is 1. The third-order valence-corrected chi connectivity index (χ3v) is 5.29. The van der Waals surface area contributed by atoms with E-state index >= 15 is 0 Å². The fraction of sp³-hybridized carbons (Fsp3) is 0.0909. The molecular weight excluding hydrogens is 413 g/mol. The highest BCUT2D eigenvalue weighted by Gasteiger charge is 2.30. The summed E-state index contributed by atoms with van der Waals surface area (Å²) in [6, 6.07) is 11.6. The first-order valence-electron chi connectivity index (χ1n) is 8.86. The molecular formula is C22H15F3N2O2S. The van der Waals surface area contributed by atoms with Crippen LogP contribution in [0.25, 0.3) is 22.3 Å². The maximum atomic E-state index is 12.7. The van der Waals surface area contributed by atoms with Crippen LogP contribution in [-0.4, -0.2) is 22.3 Å². The summed E-state index contributed by atoms with van der Waals surface area (Å²) in [5.41, 5.74) is 1.58. The number of halogens is 3. The van der Waals surface area contributed by atoms with Crippen molar-refractivity contribution < 1.29 is 22.7 Å². The number of carbonyl (C=O) groups is 1. The summed E-state index contributed by atoms with van der Waals surface area (Å²) in [7, 11) is 1.58. The highest BCUT2D eigenvalue weighted by atomic mass is 32.1. The molecule has 2 aromatic carbocycles. The highest BCUT2D eigenvalue weighted by molar-refractivity contribution is 7.15. The predicted molar refractivity (Wildman–Crippen MR) is 110 cm³/mol. The molecule has 30 heavy (non-hydrogen) atoms. The SMILES string of the molecule is COc1cccc(-c2nc3sccn3c2/C=C/C(=O)c2ccc(C(F)(F)F)cc2)c1. The zero-order valence-corrected chi connectivity index (χ0v) is 16.5. The number of methoxy groups -OCH3 is 1. The van der Waals surface area contributed by atoms with Gasteiger partial charge >= 0.3 is 6.18 Å². The first-order chi connectivity index (χ1) is 14.4. The van der Waals surface area contributed by atoms with Gasteiger partial charge < -0.3 is 4.74 Å². The van der Waals surface area contributed by atoms with Crippen LogP contribution in [0.2, 0.25) is 0 Å². The standard InChI is InChI=1S/C22H15F3N2O2S/c1-29-17-4-2-3-15(13-17)20-18(27-11-12-30-21(27)26-20)9-10-19(28)14-5-7-16(8-6-14)22(23,24)25/h2-13H,1H3/b10-9+. The van der Waals surface area contributed by atoms with Gasteiger partial charge in [-0.15, -0.1) is 11.3 Å². The molecule has 0 saturated heterocycles. The molecule has 0 bridgehead atoms. The van der Waals surface area contributed by atoms with Gasteiger partial charge in [-0.05, 0) is 36.4 Å². The molecule has 8 heteroatoms. The molecule has 2 aromatic heterocycles. The second kappa shape index (κ2) is 7.79. The zero-order chi connectivity index (χ0) is 21.3. The number of hydrogen-bond donors (Lipinski definition) is 0. The molecule has 0 N–H and O–H groups in total. The summed E-state index contributed by atoms with van der Waals surface area (Å²) < 4.78 is 45.3. The fourth-order valence-electron chi connectivity index (χ4n) is 3.02. The molecule has 4 aromatic rings. The van der Waals surface area contributed by atoms with Crippen molar-refractivity contribution in [3.63, 3.8) is 0 Å². The van der Waals surface area contributed by atoms with Crippen molar-refractivity contribution in [2.45, 2.75) is 6.18 Å². The Morgan fingerprint density at radius 2 is 1.93 bits per heavy atom. The lowest BCUT2D eigenvalue weighted by molar-refractivity contribution is -0.137. The molecule has 0 unspecified atom stereocenters. The molecule has 0 radical (unpaired) electrons. The minimum Gasteiger partial charge on any atom is -0.497 e. The smallest absolute Gasteiger partial charge is 0.416 e. The quantitative estimate of drug-likeness (QED) is 0.290. The number of thiazole rings is 1. The molecule has 2 heterocycles. The van der Waals surface area contributed by atoms with Crippen molar-refractivity contribution in [3.05, 3.63) is 83.0 Å².